The van der Waals surface area contributed by atoms with Gasteiger partial charge in [-0.15, -0.1) is 0 Å². The average molecular weight is 277 g/mol. The van der Waals surface area contributed by atoms with E-state index in [9.17, 15) is 4.79 Å². The first kappa shape index (κ1) is 14.8. The minimum Gasteiger partial charge on any atom is -0.384 e. The molecule has 0 spiro atoms. The van der Waals surface area contributed by atoms with Crippen molar-refractivity contribution in [3.8, 4) is 0 Å². The highest BCUT2D eigenvalue weighted by Crippen LogP contribution is 2.19. The summed E-state index contributed by atoms with van der Waals surface area (Å²) in [5, 5.41) is 0. The second-order valence-corrected chi connectivity index (χ2v) is 5.51. The number of methoxy groups -OCH3 is 1. The lowest BCUT2D eigenvalue weighted by Crippen LogP contribution is -2.41. The second kappa shape index (κ2) is 6.70. The van der Waals surface area contributed by atoms with Crippen molar-refractivity contribution in [2.24, 2.45) is 5.92 Å². The molecule has 0 aliphatic carbocycles. The number of rotatable bonds is 4. The van der Waals surface area contributed by atoms with Crippen LogP contribution in [-0.2, 0) is 4.74 Å². The number of nitrogens with zero attached hydrogens (tertiary/aromatic N) is 3. The van der Waals surface area contributed by atoms with Crippen LogP contribution in [0.15, 0.2) is 18.3 Å². The first-order valence-electron chi connectivity index (χ1n) is 7.03. The van der Waals surface area contributed by atoms with E-state index in [0.29, 0.717) is 11.5 Å². The molecule has 0 N–H and O–H groups in total. The van der Waals surface area contributed by atoms with Gasteiger partial charge in [0.1, 0.15) is 5.82 Å². The summed E-state index contributed by atoms with van der Waals surface area (Å²) in [6.45, 7) is 2.33. The normalized spacial score (nSPS) is 18.9. The van der Waals surface area contributed by atoms with Crippen LogP contribution in [-0.4, -0.2) is 56.7 Å². The number of likely N-dealkylation sites (tertiary alicyclic amines) is 1. The van der Waals surface area contributed by atoms with Gasteiger partial charge in [-0.3, -0.25) is 4.79 Å². The summed E-state index contributed by atoms with van der Waals surface area (Å²) >= 11 is 0. The molecule has 20 heavy (non-hydrogen) atoms. The van der Waals surface area contributed by atoms with E-state index < -0.39 is 0 Å². The maximum absolute atomic E-state index is 12.5. The molecule has 1 saturated heterocycles. The van der Waals surface area contributed by atoms with Crippen LogP contribution in [0.4, 0.5) is 5.82 Å². The molecule has 1 atom stereocenters. The predicted molar refractivity (Wildman–Crippen MR) is 79.1 cm³/mol. The lowest BCUT2D eigenvalue weighted by molar-refractivity contribution is 0.0570. The third kappa shape index (κ3) is 3.48. The van der Waals surface area contributed by atoms with Crippen molar-refractivity contribution >= 4 is 11.7 Å². The van der Waals surface area contributed by atoms with Gasteiger partial charge in [0.25, 0.3) is 5.91 Å². The molecule has 1 amide bonds. The lowest BCUT2D eigenvalue weighted by Gasteiger charge is -2.32. The minimum atomic E-state index is 0.0728. The van der Waals surface area contributed by atoms with Crippen LogP contribution in [0.3, 0.4) is 0 Å². The van der Waals surface area contributed by atoms with Crippen molar-refractivity contribution in [3.05, 3.63) is 23.9 Å². The summed E-state index contributed by atoms with van der Waals surface area (Å²) in [7, 11) is 5.58. The second-order valence-electron chi connectivity index (χ2n) is 5.51. The molecule has 1 aromatic heterocycles. The van der Waals surface area contributed by atoms with Crippen LogP contribution < -0.4 is 4.90 Å². The van der Waals surface area contributed by atoms with Gasteiger partial charge in [0, 0.05) is 40.5 Å². The zero-order valence-corrected chi connectivity index (χ0v) is 12.5. The van der Waals surface area contributed by atoms with Gasteiger partial charge in [0.05, 0.1) is 12.2 Å². The molecule has 110 valence electrons. The zero-order valence-electron chi connectivity index (χ0n) is 12.5. The van der Waals surface area contributed by atoms with E-state index in [2.05, 4.69) is 4.98 Å². The fraction of sp³-hybridized carbons (Fsp3) is 0.600. The number of anilines is 1. The van der Waals surface area contributed by atoms with E-state index in [4.69, 9.17) is 4.74 Å². The standard InChI is InChI=1S/C15H23N3O2/c1-17(2)14-7-6-13(9-16-14)15(19)18-8-4-5-12(10-18)11-20-3/h6-7,9,12H,4-5,8,10-11H2,1-3H3. The molecule has 0 bridgehead atoms. The average Bonchev–Trinajstić information content (AvgIpc) is 2.47. The first-order chi connectivity index (χ1) is 9.61. The molecule has 2 rings (SSSR count). The van der Waals surface area contributed by atoms with Crippen LogP contribution in [0.5, 0.6) is 0 Å². The Labute approximate surface area is 120 Å². The zero-order chi connectivity index (χ0) is 14.5. The van der Waals surface area contributed by atoms with Crippen molar-refractivity contribution in [1.82, 2.24) is 9.88 Å². The molecule has 1 fully saturated rings. The van der Waals surface area contributed by atoms with Gasteiger partial charge in [-0.1, -0.05) is 0 Å². The van der Waals surface area contributed by atoms with Crippen LogP contribution >= 0.6 is 0 Å². The van der Waals surface area contributed by atoms with Gasteiger partial charge >= 0.3 is 0 Å². The Morgan fingerprint density at radius 2 is 2.30 bits per heavy atom. The molecule has 1 aliphatic rings. The third-order valence-corrected chi connectivity index (χ3v) is 3.66. The molecule has 1 aromatic rings. The van der Waals surface area contributed by atoms with E-state index in [1.807, 2.05) is 36.0 Å². The summed E-state index contributed by atoms with van der Waals surface area (Å²) in [6, 6.07) is 3.73. The molecule has 5 heteroatoms. The molecule has 5 nitrogen and oxygen atoms in total. The monoisotopic (exact) mass is 277 g/mol. The number of carbonyl (C=O) groups excluding carboxylic acids is 1. The number of hydrogen-bond acceptors (Lipinski definition) is 4. The molecular weight excluding hydrogens is 254 g/mol. The molecule has 0 aromatic carbocycles. The van der Waals surface area contributed by atoms with Crippen LogP contribution in [0.2, 0.25) is 0 Å². The van der Waals surface area contributed by atoms with Crippen molar-refractivity contribution in [3.63, 3.8) is 0 Å². The Morgan fingerprint density at radius 1 is 1.50 bits per heavy atom. The van der Waals surface area contributed by atoms with E-state index >= 15 is 0 Å². The topological polar surface area (TPSA) is 45.7 Å². The smallest absolute Gasteiger partial charge is 0.255 e. The van der Waals surface area contributed by atoms with Gasteiger partial charge in [-0.05, 0) is 30.9 Å². The molecule has 0 radical (unpaired) electrons. The molecule has 1 unspecified atom stereocenters. The number of pyridine rings is 1. The quantitative estimate of drug-likeness (QED) is 0.839. The molecular formula is C15H23N3O2. The van der Waals surface area contributed by atoms with E-state index in [1.165, 1.54) is 0 Å². The number of ether oxygens (including phenoxy) is 1. The SMILES string of the molecule is COCC1CCCN(C(=O)c2ccc(N(C)C)nc2)C1. The summed E-state index contributed by atoms with van der Waals surface area (Å²) in [5.41, 5.74) is 0.661. The van der Waals surface area contributed by atoms with Crippen molar-refractivity contribution < 1.29 is 9.53 Å². The first-order valence-corrected chi connectivity index (χ1v) is 7.03. The summed E-state index contributed by atoms with van der Waals surface area (Å²) in [5.74, 6) is 1.38. The van der Waals surface area contributed by atoms with Gasteiger partial charge in [-0.25, -0.2) is 4.98 Å². The summed E-state index contributed by atoms with van der Waals surface area (Å²) in [4.78, 5) is 20.6. The highest BCUT2D eigenvalue weighted by molar-refractivity contribution is 5.94. The maximum atomic E-state index is 12.5. The Balaban J connectivity index is 2.02. The lowest BCUT2D eigenvalue weighted by atomic mass is 9.98. The number of aromatic nitrogens is 1. The van der Waals surface area contributed by atoms with Gasteiger partial charge in [0.15, 0.2) is 0 Å². The minimum absolute atomic E-state index is 0.0728. The largest absolute Gasteiger partial charge is 0.384 e. The highest BCUT2D eigenvalue weighted by Gasteiger charge is 2.24. The Bertz CT molecular complexity index is 443. The Kier molecular flexibility index (Phi) is 4.95. The predicted octanol–water partition coefficient (Wildman–Crippen LogP) is 1.65. The fourth-order valence-electron chi connectivity index (χ4n) is 2.58. The number of piperidine rings is 1. The van der Waals surface area contributed by atoms with Crippen LogP contribution in [0.1, 0.15) is 23.2 Å². The Hall–Kier alpha value is -1.62. The Morgan fingerprint density at radius 3 is 2.90 bits per heavy atom. The molecule has 0 saturated carbocycles. The summed E-state index contributed by atoms with van der Waals surface area (Å²) in [6.07, 6.45) is 3.84. The maximum Gasteiger partial charge on any atom is 0.255 e. The third-order valence-electron chi connectivity index (χ3n) is 3.66. The van der Waals surface area contributed by atoms with Crippen molar-refractivity contribution in [2.75, 3.05) is 45.8 Å². The molecule has 2 heterocycles. The fourth-order valence-corrected chi connectivity index (χ4v) is 2.58. The number of amides is 1. The van der Waals surface area contributed by atoms with Crippen molar-refractivity contribution in [1.29, 1.82) is 0 Å². The van der Waals surface area contributed by atoms with E-state index in [1.54, 1.807) is 13.3 Å². The molecule has 1 aliphatic heterocycles. The van der Waals surface area contributed by atoms with Crippen molar-refractivity contribution in [2.45, 2.75) is 12.8 Å². The van der Waals surface area contributed by atoms with Gasteiger partial charge in [-0.2, -0.15) is 0 Å². The van der Waals surface area contributed by atoms with E-state index in [-0.39, 0.29) is 5.91 Å². The van der Waals surface area contributed by atoms with Crippen LogP contribution in [0.25, 0.3) is 0 Å². The number of carbonyl (C=O) groups is 1. The highest BCUT2D eigenvalue weighted by atomic mass is 16.5. The van der Waals surface area contributed by atoms with Crippen LogP contribution in [0, 0.1) is 5.92 Å². The van der Waals surface area contributed by atoms with E-state index in [0.717, 1.165) is 38.4 Å². The van der Waals surface area contributed by atoms with Gasteiger partial charge < -0.3 is 14.5 Å². The summed E-state index contributed by atoms with van der Waals surface area (Å²) < 4.78 is 5.20. The van der Waals surface area contributed by atoms with Gasteiger partial charge in [0.2, 0.25) is 0 Å². The number of hydrogen-bond donors (Lipinski definition) is 0.